The Labute approximate surface area is 140 Å². The summed E-state index contributed by atoms with van der Waals surface area (Å²) in [6, 6.07) is 3.90. The summed E-state index contributed by atoms with van der Waals surface area (Å²) in [6.07, 6.45) is 5.08. The molecule has 126 valence electrons. The summed E-state index contributed by atoms with van der Waals surface area (Å²) >= 11 is 0. The van der Waals surface area contributed by atoms with Crippen LogP contribution in [0.5, 0.6) is 0 Å². The standard InChI is InChI=1S/C16H21N7O/c1-16(15(24)19-8-6-17)5-3-9-23(10-16)22(2)14-12-4-7-18-13(12)20-11-21-14/h4,7,11H,3,5,8-10H2,1-2H3,(H,19,24)(H,18,20,21). The van der Waals surface area contributed by atoms with E-state index in [4.69, 9.17) is 5.26 Å². The number of carbonyl (C=O) groups is 1. The smallest absolute Gasteiger partial charge is 0.228 e. The van der Waals surface area contributed by atoms with E-state index in [0.29, 0.717) is 6.54 Å². The number of hydrogen-bond acceptors (Lipinski definition) is 6. The molecule has 3 rings (SSSR count). The van der Waals surface area contributed by atoms with E-state index >= 15 is 0 Å². The van der Waals surface area contributed by atoms with Crippen molar-refractivity contribution in [1.82, 2.24) is 25.3 Å². The number of aromatic nitrogens is 3. The van der Waals surface area contributed by atoms with Crippen LogP contribution >= 0.6 is 0 Å². The predicted molar refractivity (Wildman–Crippen MR) is 89.8 cm³/mol. The van der Waals surface area contributed by atoms with Crippen LogP contribution in [0.25, 0.3) is 11.0 Å². The van der Waals surface area contributed by atoms with Crippen molar-refractivity contribution in [1.29, 1.82) is 5.26 Å². The van der Waals surface area contributed by atoms with Gasteiger partial charge in [-0.3, -0.25) is 9.80 Å². The molecule has 1 aliphatic rings. The quantitative estimate of drug-likeness (QED) is 0.814. The van der Waals surface area contributed by atoms with Gasteiger partial charge < -0.3 is 10.3 Å². The molecule has 1 unspecified atom stereocenters. The molecule has 1 fully saturated rings. The Bertz CT molecular complexity index is 780. The third-order valence-electron chi connectivity index (χ3n) is 4.62. The molecule has 0 saturated carbocycles. The van der Waals surface area contributed by atoms with Gasteiger partial charge in [-0.25, -0.2) is 15.0 Å². The van der Waals surface area contributed by atoms with Gasteiger partial charge in [0.15, 0.2) is 5.82 Å². The Hall–Kier alpha value is -2.66. The molecule has 2 aromatic rings. The number of nitrogens with zero attached hydrogens (tertiary/aromatic N) is 5. The molecule has 3 heterocycles. The van der Waals surface area contributed by atoms with Crippen molar-refractivity contribution in [3.05, 3.63) is 18.6 Å². The molecule has 24 heavy (non-hydrogen) atoms. The van der Waals surface area contributed by atoms with Crippen molar-refractivity contribution in [3.8, 4) is 6.07 Å². The zero-order valence-electron chi connectivity index (χ0n) is 13.9. The first-order valence-corrected chi connectivity index (χ1v) is 7.97. The lowest BCUT2D eigenvalue weighted by atomic mass is 9.81. The number of piperidine rings is 1. The van der Waals surface area contributed by atoms with Crippen molar-refractivity contribution in [3.63, 3.8) is 0 Å². The van der Waals surface area contributed by atoms with Crippen molar-refractivity contribution in [2.24, 2.45) is 5.41 Å². The van der Waals surface area contributed by atoms with E-state index < -0.39 is 5.41 Å². The number of amides is 1. The van der Waals surface area contributed by atoms with E-state index in [1.165, 1.54) is 6.33 Å². The van der Waals surface area contributed by atoms with Gasteiger partial charge in [0.1, 0.15) is 18.5 Å². The van der Waals surface area contributed by atoms with Crippen molar-refractivity contribution in [2.45, 2.75) is 19.8 Å². The number of nitrogens with one attached hydrogen (secondary N) is 2. The van der Waals surface area contributed by atoms with Crippen LogP contribution in [0.2, 0.25) is 0 Å². The number of hydrogen-bond donors (Lipinski definition) is 2. The van der Waals surface area contributed by atoms with Crippen molar-refractivity contribution in [2.75, 3.05) is 31.7 Å². The molecule has 1 saturated heterocycles. The Morgan fingerprint density at radius 1 is 1.58 bits per heavy atom. The molecule has 1 aliphatic heterocycles. The molecule has 8 heteroatoms. The predicted octanol–water partition coefficient (Wildman–Crippen LogP) is 1.05. The zero-order chi connectivity index (χ0) is 17.2. The highest BCUT2D eigenvalue weighted by atomic mass is 16.2. The van der Waals surface area contributed by atoms with E-state index in [1.807, 2.05) is 37.3 Å². The summed E-state index contributed by atoms with van der Waals surface area (Å²) in [5.41, 5.74) is 0.270. The molecular weight excluding hydrogens is 306 g/mol. The monoisotopic (exact) mass is 327 g/mol. The zero-order valence-corrected chi connectivity index (χ0v) is 13.9. The highest BCUT2D eigenvalue weighted by Crippen LogP contribution is 2.32. The van der Waals surface area contributed by atoms with Gasteiger partial charge >= 0.3 is 0 Å². The molecular formula is C16H21N7O. The number of aromatic amines is 1. The Morgan fingerprint density at radius 2 is 2.42 bits per heavy atom. The first-order chi connectivity index (χ1) is 11.5. The Balaban J connectivity index is 1.80. The van der Waals surface area contributed by atoms with Crippen LogP contribution in [0.4, 0.5) is 5.82 Å². The average Bonchev–Trinajstić information content (AvgIpc) is 3.07. The second kappa shape index (κ2) is 6.45. The van der Waals surface area contributed by atoms with Crippen LogP contribution in [0.15, 0.2) is 18.6 Å². The molecule has 0 radical (unpaired) electrons. The van der Waals surface area contributed by atoms with Gasteiger partial charge in [-0.1, -0.05) is 0 Å². The third kappa shape index (κ3) is 2.90. The summed E-state index contributed by atoms with van der Waals surface area (Å²) < 4.78 is 0. The maximum atomic E-state index is 12.4. The van der Waals surface area contributed by atoms with E-state index in [1.54, 1.807) is 0 Å². The van der Waals surface area contributed by atoms with Gasteiger partial charge in [0.2, 0.25) is 5.91 Å². The maximum Gasteiger partial charge on any atom is 0.228 e. The first-order valence-electron chi connectivity index (χ1n) is 7.97. The van der Waals surface area contributed by atoms with Crippen LogP contribution in [-0.4, -0.2) is 52.5 Å². The number of H-pyrrole nitrogens is 1. The third-order valence-corrected chi connectivity index (χ3v) is 4.62. The fourth-order valence-corrected chi connectivity index (χ4v) is 3.24. The summed E-state index contributed by atoms with van der Waals surface area (Å²) in [7, 11) is 1.95. The molecule has 2 N–H and O–H groups in total. The van der Waals surface area contributed by atoms with E-state index in [0.717, 1.165) is 36.2 Å². The number of hydrazine groups is 1. The molecule has 0 aliphatic carbocycles. The van der Waals surface area contributed by atoms with Gasteiger partial charge in [-0.05, 0) is 25.8 Å². The van der Waals surface area contributed by atoms with Crippen molar-refractivity contribution < 1.29 is 4.79 Å². The topological polar surface area (TPSA) is 101 Å². The SMILES string of the molecule is CN(c1ncnc2[nH]ccc12)N1CCCC(C)(C(=O)NCC#N)C1. The van der Waals surface area contributed by atoms with E-state index in [2.05, 4.69) is 25.3 Å². The molecule has 0 bridgehead atoms. The van der Waals surface area contributed by atoms with Crippen LogP contribution in [0, 0.1) is 16.7 Å². The minimum Gasteiger partial charge on any atom is -0.346 e. The fraction of sp³-hybridized carbons (Fsp3) is 0.500. The van der Waals surface area contributed by atoms with Gasteiger partial charge in [0, 0.05) is 26.3 Å². The molecule has 8 nitrogen and oxygen atoms in total. The number of rotatable bonds is 4. The second-order valence-electron chi connectivity index (χ2n) is 6.35. The Kier molecular flexibility index (Phi) is 4.36. The molecule has 1 atom stereocenters. The van der Waals surface area contributed by atoms with Gasteiger partial charge in [0.05, 0.1) is 16.9 Å². The highest BCUT2D eigenvalue weighted by molar-refractivity contribution is 5.87. The van der Waals surface area contributed by atoms with Gasteiger partial charge in [-0.15, -0.1) is 0 Å². The first kappa shape index (κ1) is 16.2. The van der Waals surface area contributed by atoms with Gasteiger partial charge in [-0.2, -0.15) is 5.26 Å². The molecule has 0 spiro atoms. The van der Waals surface area contributed by atoms with E-state index in [-0.39, 0.29) is 12.5 Å². The lowest BCUT2D eigenvalue weighted by Crippen LogP contribution is -2.55. The molecule has 1 amide bonds. The van der Waals surface area contributed by atoms with Crippen LogP contribution < -0.4 is 10.3 Å². The van der Waals surface area contributed by atoms with Crippen LogP contribution in [0.3, 0.4) is 0 Å². The van der Waals surface area contributed by atoms with Crippen LogP contribution in [-0.2, 0) is 4.79 Å². The average molecular weight is 327 g/mol. The fourth-order valence-electron chi connectivity index (χ4n) is 3.24. The maximum absolute atomic E-state index is 12.4. The second-order valence-corrected chi connectivity index (χ2v) is 6.35. The summed E-state index contributed by atoms with van der Waals surface area (Å²) in [6.45, 7) is 3.43. The number of anilines is 1. The summed E-state index contributed by atoms with van der Waals surface area (Å²) in [4.78, 5) is 24.1. The lowest BCUT2D eigenvalue weighted by molar-refractivity contribution is -0.133. The van der Waals surface area contributed by atoms with Gasteiger partial charge in [0.25, 0.3) is 0 Å². The minimum atomic E-state index is -0.520. The largest absolute Gasteiger partial charge is 0.346 e. The minimum absolute atomic E-state index is 0.0418. The van der Waals surface area contributed by atoms with Crippen molar-refractivity contribution >= 4 is 22.8 Å². The number of fused-ring (bicyclic) bond motifs is 1. The number of carbonyl (C=O) groups excluding carboxylic acids is 1. The molecule has 0 aromatic carbocycles. The Morgan fingerprint density at radius 3 is 3.21 bits per heavy atom. The molecule has 2 aromatic heterocycles. The lowest BCUT2D eigenvalue weighted by Gasteiger charge is -2.43. The summed E-state index contributed by atoms with van der Waals surface area (Å²) in [5.74, 6) is 0.736. The van der Waals surface area contributed by atoms with Crippen LogP contribution in [0.1, 0.15) is 19.8 Å². The number of nitriles is 1. The normalized spacial score (nSPS) is 21.4. The summed E-state index contributed by atoms with van der Waals surface area (Å²) in [5, 5.41) is 16.4. The highest BCUT2D eigenvalue weighted by Gasteiger charge is 2.39. The van der Waals surface area contributed by atoms with E-state index in [9.17, 15) is 4.79 Å².